The molecule has 24 heavy (non-hydrogen) atoms. The molecule has 0 bridgehead atoms. The van der Waals surface area contributed by atoms with E-state index < -0.39 is 6.61 Å². The van der Waals surface area contributed by atoms with Crippen LogP contribution in [0.4, 0.5) is 8.78 Å². The predicted molar refractivity (Wildman–Crippen MR) is 88.3 cm³/mol. The van der Waals surface area contributed by atoms with E-state index in [4.69, 9.17) is 11.6 Å². The number of hydrogen-bond donors (Lipinski definition) is 2. The van der Waals surface area contributed by atoms with Crippen molar-refractivity contribution in [1.29, 1.82) is 0 Å². The van der Waals surface area contributed by atoms with Gasteiger partial charge in [-0.05, 0) is 24.3 Å². The number of aromatic nitrogens is 2. The van der Waals surface area contributed by atoms with Crippen LogP contribution in [-0.2, 0) is 20.1 Å². The fourth-order valence-electron chi connectivity index (χ4n) is 2.05. The van der Waals surface area contributed by atoms with E-state index in [0.717, 1.165) is 5.69 Å². The first-order valence-electron chi connectivity index (χ1n) is 7.14. The zero-order chi connectivity index (χ0) is 17.5. The first kappa shape index (κ1) is 18.0. The summed E-state index contributed by atoms with van der Waals surface area (Å²) in [6.45, 7) is -2.15. The summed E-state index contributed by atoms with van der Waals surface area (Å²) < 4.78 is 31.2. The van der Waals surface area contributed by atoms with Crippen molar-refractivity contribution in [1.82, 2.24) is 20.4 Å². The molecular weight excluding hydrogens is 340 g/mol. The SMILES string of the molecule is CN=C(NCc1cc(Cl)ccc1OC(F)F)NCc1ccnn1C. The van der Waals surface area contributed by atoms with Crippen molar-refractivity contribution in [3.63, 3.8) is 0 Å². The van der Waals surface area contributed by atoms with Crippen LogP contribution in [0.15, 0.2) is 35.5 Å². The lowest BCUT2D eigenvalue weighted by Crippen LogP contribution is -2.36. The Kier molecular flexibility index (Phi) is 6.36. The minimum Gasteiger partial charge on any atom is -0.434 e. The highest BCUT2D eigenvalue weighted by Crippen LogP contribution is 2.24. The Balaban J connectivity index is 1.97. The molecular formula is C15H18ClF2N5O. The number of hydrogen-bond acceptors (Lipinski definition) is 3. The molecule has 0 spiro atoms. The quantitative estimate of drug-likeness (QED) is 0.616. The summed E-state index contributed by atoms with van der Waals surface area (Å²) in [4.78, 5) is 4.09. The molecule has 0 saturated heterocycles. The number of halogens is 3. The lowest BCUT2D eigenvalue weighted by Gasteiger charge is -2.15. The second-order valence-corrected chi connectivity index (χ2v) is 5.29. The number of benzene rings is 1. The van der Waals surface area contributed by atoms with E-state index >= 15 is 0 Å². The topological polar surface area (TPSA) is 63.5 Å². The van der Waals surface area contributed by atoms with Crippen LogP contribution in [0.25, 0.3) is 0 Å². The van der Waals surface area contributed by atoms with Crippen molar-refractivity contribution in [3.8, 4) is 5.75 Å². The molecule has 0 saturated carbocycles. The van der Waals surface area contributed by atoms with Gasteiger partial charge in [0.25, 0.3) is 0 Å². The molecule has 1 heterocycles. The zero-order valence-corrected chi connectivity index (χ0v) is 14.0. The van der Waals surface area contributed by atoms with Crippen LogP contribution in [0, 0.1) is 0 Å². The molecule has 2 rings (SSSR count). The van der Waals surface area contributed by atoms with Crippen molar-refractivity contribution >= 4 is 17.6 Å². The van der Waals surface area contributed by atoms with E-state index in [-0.39, 0.29) is 12.3 Å². The van der Waals surface area contributed by atoms with Crippen LogP contribution in [0.5, 0.6) is 5.75 Å². The van der Waals surface area contributed by atoms with Gasteiger partial charge in [-0.1, -0.05) is 11.6 Å². The molecule has 2 aromatic rings. The number of nitrogens with zero attached hydrogens (tertiary/aromatic N) is 3. The van der Waals surface area contributed by atoms with Gasteiger partial charge in [0, 0.05) is 37.4 Å². The van der Waals surface area contributed by atoms with Gasteiger partial charge in [-0.15, -0.1) is 0 Å². The molecule has 0 aliphatic carbocycles. The number of ether oxygens (including phenoxy) is 1. The molecule has 0 unspecified atom stereocenters. The molecule has 130 valence electrons. The van der Waals surface area contributed by atoms with Crippen molar-refractivity contribution < 1.29 is 13.5 Å². The second-order valence-electron chi connectivity index (χ2n) is 4.86. The Morgan fingerprint density at radius 2 is 2.08 bits per heavy atom. The molecule has 0 aliphatic heterocycles. The number of alkyl halides is 2. The average Bonchev–Trinajstić information content (AvgIpc) is 2.94. The van der Waals surface area contributed by atoms with Crippen molar-refractivity contribution in [2.45, 2.75) is 19.7 Å². The number of aliphatic imine (C=N–C) groups is 1. The Bertz CT molecular complexity index is 705. The van der Waals surface area contributed by atoms with E-state index in [0.29, 0.717) is 23.1 Å². The van der Waals surface area contributed by atoms with Gasteiger partial charge in [-0.2, -0.15) is 13.9 Å². The van der Waals surface area contributed by atoms with E-state index in [9.17, 15) is 8.78 Å². The third-order valence-corrected chi connectivity index (χ3v) is 3.50. The summed E-state index contributed by atoms with van der Waals surface area (Å²) in [6.07, 6.45) is 1.70. The first-order chi connectivity index (χ1) is 11.5. The van der Waals surface area contributed by atoms with E-state index in [1.165, 1.54) is 12.1 Å². The van der Waals surface area contributed by atoms with Gasteiger partial charge in [-0.3, -0.25) is 9.67 Å². The summed E-state index contributed by atoms with van der Waals surface area (Å²) >= 11 is 5.92. The van der Waals surface area contributed by atoms with E-state index in [2.05, 4.69) is 25.5 Å². The van der Waals surface area contributed by atoms with Gasteiger partial charge in [0.15, 0.2) is 5.96 Å². The normalized spacial score (nSPS) is 11.7. The average molecular weight is 358 g/mol. The highest BCUT2D eigenvalue weighted by Gasteiger charge is 2.11. The Labute approximate surface area is 143 Å². The Morgan fingerprint density at radius 1 is 1.33 bits per heavy atom. The van der Waals surface area contributed by atoms with Gasteiger partial charge in [0.2, 0.25) is 0 Å². The minimum atomic E-state index is -2.90. The van der Waals surface area contributed by atoms with Crippen LogP contribution in [0.1, 0.15) is 11.3 Å². The van der Waals surface area contributed by atoms with Crippen molar-refractivity contribution in [2.24, 2.45) is 12.0 Å². The summed E-state index contributed by atoms with van der Waals surface area (Å²) in [5, 5.41) is 10.7. The highest BCUT2D eigenvalue weighted by atomic mass is 35.5. The summed E-state index contributed by atoms with van der Waals surface area (Å²) in [5.74, 6) is 0.586. The fourth-order valence-corrected chi connectivity index (χ4v) is 2.24. The molecule has 0 radical (unpaired) electrons. The maximum Gasteiger partial charge on any atom is 0.387 e. The van der Waals surface area contributed by atoms with Crippen LogP contribution in [-0.4, -0.2) is 29.4 Å². The third kappa shape index (κ3) is 5.09. The van der Waals surface area contributed by atoms with Crippen LogP contribution < -0.4 is 15.4 Å². The molecule has 0 fully saturated rings. The lowest BCUT2D eigenvalue weighted by molar-refractivity contribution is -0.0504. The molecule has 9 heteroatoms. The van der Waals surface area contributed by atoms with Crippen molar-refractivity contribution in [3.05, 3.63) is 46.7 Å². The Morgan fingerprint density at radius 3 is 2.71 bits per heavy atom. The van der Waals surface area contributed by atoms with Crippen LogP contribution in [0.3, 0.4) is 0 Å². The van der Waals surface area contributed by atoms with E-state index in [1.54, 1.807) is 24.0 Å². The monoisotopic (exact) mass is 357 g/mol. The summed E-state index contributed by atoms with van der Waals surface area (Å²) in [7, 11) is 3.46. The maximum atomic E-state index is 12.5. The van der Waals surface area contributed by atoms with Crippen LogP contribution in [0.2, 0.25) is 5.02 Å². The molecule has 6 nitrogen and oxygen atoms in total. The largest absolute Gasteiger partial charge is 0.434 e. The molecule has 0 atom stereocenters. The van der Waals surface area contributed by atoms with E-state index in [1.807, 2.05) is 13.1 Å². The molecule has 0 amide bonds. The van der Waals surface area contributed by atoms with Gasteiger partial charge < -0.3 is 15.4 Å². The van der Waals surface area contributed by atoms with Gasteiger partial charge in [0.05, 0.1) is 12.2 Å². The van der Waals surface area contributed by atoms with Gasteiger partial charge in [0.1, 0.15) is 5.75 Å². The molecule has 1 aromatic carbocycles. The molecule has 0 aliphatic rings. The second kappa shape index (κ2) is 8.49. The summed E-state index contributed by atoms with van der Waals surface area (Å²) in [5.41, 5.74) is 1.48. The molecule has 1 aromatic heterocycles. The first-order valence-corrected chi connectivity index (χ1v) is 7.52. The van der Waals surface area contributed by atoms with Gasteiger partial charge >= 0.3 is 6.61 Å². The smallest absolute Gasteiger partial charge is 0.387 e. The Hall–Kier alpha value is -2.35. The number of guanidine groups is 1. The standard InChI is InChI=1S/C15H18ClF2N5O/c1-19-15(21-9-12-5-6-22-23(12)2)20-8-10-7-11(16)3-4-13(10)24-14(17)18/h3-7,14H,8-9H2,1-2H3,(H2,19,20,21). The van der Waals surface area contributed by atoms with Crippen LogP contribution >= 0.6 is 11.6 Å². The number of nitrogens with one attached hydrogen (secondary N) is 2. The minimum absolute atomic E-state index is 0.0731. The summed E-state index contributed by atoms with van der Waals surface area (Å²) in [6, 6.07) is 6.36. The third-order valence-electron chi connectivity index (χ3n) is 3.27. The molecule has 2 N–H and O–H groups in total. The lowest BCUT2D eigenvalue weighted by atomic mass is 10.2. The van der Waals surface area contributed by atoms with Crippen molar-refractivity contribution in [2.75, 3.05) is 7.05 Å². The fraction of sp³-hybridized carbons (Fsp3) is 0.333. The predicted octanol–water partition coefficient (Wildman–Crippen LogP) is 2.54. The number of aryl methyl sites for hydroxylation is 1. The maximum absolute atomic E-state index is 12.5. The van der Waals surface area contributed by atoms with Gasteiger partial charge in [-0.25, -0.2) is 0 Å². The zero-order valence-electron chi connectivity index (χ0n) is 13.3. The highest BCUT2D eigenvalue weighted by molar-refractivity contribution is 6.30. The number of rotatable bonds is 6.